The minimum Gasteiger partial charge on any atom is -0.102 e. The van der Waals surface area contributed by atoms with Gasteiger partial charge in [0.15, 0.2) is 8.67 Å². The van der Waals surface area contributed by atoms with Crippen molar-refractivity contribution in [2.24, 2.45) is 0 Å². The normalized spacial score (nSPS) is 15.7. The van der Waals surface area contributed by atoms with E-state index >= 15 is 0 Å². The van der Waals surface area contributed by atoms with Crippen LogP contribution in [0.25, 0.3) is 0 Å². The van der Waals surface area contributed by atoms with Gasteiger partial charge in [-0.25, -0.2) is 0 Å². The van der Waals surface area contributed by atoms with Crippen molar-refractivity contribution < 1.29 is 0 Å². The highest BCUT2D eigenvalue weighted by molar-refractivity contribution is 6.76. The zero-order valence-corrected chi connectivity index (χ0v) is 16.6. The molecule has 0 spiro atoms. The molecule has 18 heavy (non-hydrogen) atoms. The van der Waals surface area contributed by atoms with Gasteiger partial charge in [0.05, 0.1) is 0 Å². The molecule has 13 heteroatoms. The van der Waals surface area contributed by atoms with E-state index in [0.29, 0.717) is 0 Å². The summed E-state index contributed by atoms with van der Waals surface area (Å²) in [5, 5.41) is 0. The number of alkyl halides is 10. The van der Waals surface area contributed by atoms with Crippen LogP contribution in [0.3, 0.4) is 0 Å². The maximum Gasteiger partial charge on any atom is 0.234 e. The van der Waals surface area contributed by atoms with Crippen molar-refractivity contribution in [3.8, 4) is 0 Å². The SMILES string of the molecule is ClC(Cl)C(Cl)(Cl)C(Cl)(Cl)C(Cl)(Cl)C(Cl)(Cl)N(Cl)Cl. The van der Waals surface area contributed by atoms with E-state index in [2.05, 4.69) is 0 Å². The van der Waals surface area contributed by atoms with Crippen LogP contribution in [0.1, 0.15) is 0 Å². The number of halogens is 12. The number of hydrogen-bond acceptors (Lipinski definition) is 1. The molecule has 0 aliphatic heterocycles. The van der Waals surface area contributed by atoms with E-state index in [1.807, 2.05) is 0 Å². The average Bonchev–Trinajstić information content (AvgIpc) is 2.15. The summed E-state index contributed by atoms with van der Waals surface area (Å²) in [7, 11) is 0. The van der Waals surface area contributed by atoms with Crippen molar-refractivity contribution in [2.45, 2.75) is 22.3 Å². The minimum atomic E-state index is -2.48. The lowest BCUT2D eigenvalue weighted by Crippen LogP contribution is -2.62. The van der Waals surface area contributed by atoms with Gasteiger partial charge >= 0.3 is 0 Å². The third kappa shape index (κ3) is 3.67. The van der Waals surface area contributed by atoms with Crippen LogP contribution in [0.4, 0.5) is 0 Å². The second-order valence-corrected chi connectivity index (χ2v) is 10.1. The molecule has 0 fully saturated rings. The Kier molecular flexibility index (Phi) is 8.23. The van der Waals surface area contributed by atoms with E-state index < -0.39 is 22.3 Å². The first-order valence-electron chi connectivity index (χ1n) is 3.55. The monoisotopic (exact) mass is 495 g/mol. The first kappa shape index (κ1) is 21.4. The van der Waals surface area contributed by atoms with Gasteiger partial charge in [0.2, 0.25) is 8.79 Å². The van der Waals surface area contributed by atoms with Crippen LogP contribution in [0.15, 0.2) is 0 Å². The molecule has 110 valence electrons. The standard InChI is InChI=1S/C5HCl12N/c6-1(7)2(8,9)3(10,11)4(12,13)5(14,15)18(16)17/h1H. The summed E-state index contributed by atoms with van der Waals surface area (Å²) in [5.41, 5.74) is 0. The van der Waals surface area contributed by atoms with Crippen LogP contribution in [0.5, 0.6) is 0 Å². The predicted molar refractivity (Wildman–Crippen MR) is 86.8 cm³/mol. The van der Waals surface area contributed by atoms with E-state index in [-0.39, 0.29) is 3.94 Å². The topological polar surface area (TPSA) is 3.24 Å². The van der Waals surface area contributed by atoms with Crippen LogP contribution in [0.2, 0.25) is 0 Å². The quantitative estimate of drug-likeness (QED) is 0.222. The summed E-state index contributed by atoms with van der Waals surface area (Å²) in [4.78, 5) is -1.49. The van der Waals surface area contributed by atoms with Crippen molar-refractivity contribution in [3.05, 3.63) is 0 Å². The van der Waals surface area contributed by atoms with Crippen molar-refractivity contribution in [3.63, 3.8) is 0 Å². The molecule has 0 aromatic rings. The van der Waals surface area contributed by atoms with E-state index in [9.17, 15) is 0 Å². The predicted octanol–water partition coefficient (Wildman–Crippen LogP) is 7.05. The maximum atomic E-state index is 5.90. The van der Waals surface area contributed by atoms with Crippen LogP contribution in [0, 0.1) is 0 Å². The molecule has 0 heterocycles. The molecule has 0 aromatic heterocycles. The lowest BCUT2D eigenvalue weighted by atomic mass is 10.2. The lowest BCUT2D eigenvalue weighted by Gasteiger charge is -2.46. The van der Waals surface area contributed by atoms with Crippen molar-refractivity contribution in [1.29, 1.82) is 0 Å². The molecule has 0 bridgehead atoms. The third-order valence-corrected chi connectivity index (χ3v) is 8.98. The molecule has 0 saturated heterocycles. The second-order valence-electron chi connectivity index (χ2n) is 2.85. The molecule has 0 aliphatic rings. The van der Waals surface area contributed by atoms with Crippen LogP contribution in [-0.4, -0.2) is 26.2 Å². The Labute approximate surface area is 164 Å². The first-order chi connectivity index (χ1) is 7.64. The minimum absolute atomic E-state index is 0.205. The zero-order chi connectivity index (χ0) is 15.2. The van der Waals surface area contributed by atoms with Crippen molar-refractivity contribution in [1.82, 2.24) is 3.94 Å². The second kappa shape index (κ2) is 6.91. The van der Waals surface area contributed by atoms with E-state index in [1.165, 1.54) is 0 Å². The Morgan fingerprint density at radius 2 is 1.00 bits per heavy atom. The summed E-state index contributed by atoms with van der Waals surface area (Å²) >= 11 is 68.5. The average molecular weight is 501 g/mol. The Balaban J connectivity index is 5.74. The van der Waals surface area contributed by atoms with Gasteiger partial charge in [-0.3, -0.25) is 0 Å². The summed E-state index contributed by atoms with van der Waals surface area (Å²) in [6.07, 6.45) is 0. The fourth-order valence-corrected chi connectivity index (χ4v) is 3.53. The summed E-state index contributed by atoms with van der Waals surface area (Å²) < 4.78 is -9.37. The zero-order valence-electron chi connectivity index (χ0n) is 7.56. The Morgan fingerprint density at radius 3 is 1.22 bits per heavy atom. The summed E-state index contributed by atoms with van der Waals surface area (Å²) in [6, 6.07) is 0. The van der Waals surface area contributed by atoms with Gasteiger partial charge in [-0.05, 0) is 23.6 Å². The first-order valence-corrected chi connectivity index (χ1v) is 8.12. The number of nitrogens with zero attached hydrogens (tertiary/aromatic N) is 1. The fourth-order valence-electron chi connectivity index (χ4n) is 0.641. The highest BCUT2D eigenvalue weighted by atomic mass is 35.6. The molecular weight excluding hydrogens is 499 g/mol. The Bertz CT molecular complexity index is 265. The van der Waals surface area contributed by atoms with E-state index in [1.54, 1.807) is 0 Å². The molecule has 0 aromatic carbocycles. The van der Waals surface area contributed by atoms with Gasteiger partial charge in [0.1, 0.15) is 4.84 Å². The molecule has 0 rings (SSSR count). The van der Waals surface area contributed by atoms with Gasteiger partial charge < -0.3 is 0 Å². The molecule has 0 amide bonds. The molecule has 0 N–H and O–H groups in total. The largest absolute Gasteiger partial charge is 0.234 e. The van der Waals surface area contributed by atoms with Crippen molar-refractivity contribution >= 4 is 140 Å². The maximum absolute atomic E-state index is 5.90. The van der Waals surface area contributed by atoms with Gasteiger partial charge in [-0.2, -0.15) is 0 Å². The molecule has 1 nitrogen and oxygen atoms in total. The van der Waals surface area contributed by atoms with Gasteiger partial charge in [-0.1, -0.05) is 96.7 Å². The third-order valence-electron chi connectivity index (χ3n) is 1.68. The summed E-state index contributed by atoms with van der Waals surface area (Å²) in [5.74, 6) is 0. The van der Waals surface area contributed by atoms with Crippen molar-refractivity contribution in [2.75, 3.05) is 0 Å². The van der Waals surface area contributed by atoms with Crippen LogP contribution in [-0.2, 0) is 0 Å². The van der Waals surface area contributed by atoms with Crippen LogP contribution < -0.4 is 0 Å². The smallest absolute Gasteiger partial charge is 0.102 e. The molecule has 0 saturated carbocycles. The molecular formula is C5HCl12N. The van der Waals surface area contributed by atoms with Gasteiger partial charge in [0, 0.05) is 0 Å². The molecule has 0 aliphatic carbocycles. The highest BCUT2D eigenvalue weighted by Gasteiger charge is 2.71. The fraction of sp³-hybridized carbons (Fsp3) is 1.00. The summed E-state index contributed by atoms with van der Waals surface area (Å²) in [6.45, 7) is 0. The number of hydrogen-bond donors (Lipinski definition) is 0. The Hall–Kier alpha value is 3.44. The molecule has 0 unspecified atom stereocenters. The van der Waals surface area contributed by atoms with Gasteiger partial charge in [0.25, 0.3) is 0 Å². The van der Waals surface area contributed by atoms with Gasteiger partial charge in [-0.15, -0.1) is 23.2 Å². The van der Waals surface area contributed by atoms with Crippen LogP contribution >= 0.6 is 140 Å². The van der Waals surface area contributed by atoms with E-state index in [4.69, 9.17) is 140 Å². The van der Waals surface area contributed by atoms with E-state index in [0.717, 1.165) is 0 Å². The lowest BCUT2D eigenvalue weighted by molar-refractivity contribution is 0.450. The molecule has 0 atom stereocenters. The molecule has 0 radical (unpaired) electrons. The number of rotatable bonds is 5. The Morgan fingerprint density at radius 1 is 0.667 bits per heavy atom. The highest BCUT2D eigenvalue weighted by Crippen LogP contribution is 2.64.